The number of hydrogen-bond acceptors (Lipinski definition) is 3. The van der Waals surface area contributed by atoms with E-state index in [-0.39, 0.29) is 12.0 Å². The van der Waals surface area contributed by atoms with Gasteiger partial charge in [-0.1, -0.05) is 18.6 Å². The highest BCUT2D eigenvalue weighted by molar-refractivity contribution is 5.76. The van der Waals surface area contributed by atoms with Gasteiger partial charge in [0.15, 0.2) is 0 Å². The molecule has 0 bridgehead atoms. The van der Waals surface area contributed by atoms with Crippen molar-refractivity contribution in [1.29, 1.82) is 0 Å². The molecule has 0 heterocycles. The minimum atomic E-state index is -0.183. The molecule has 1 aromatic rings. The molecular formula is C17H25NO3. The van der Waals surface area contributed by atoms with E-state index in [0.29, 0.717) is 18.9 Å². The topological polar surface area (TPSA) is 58.6 Å². The van der Waals surface area contributed by atoms with Gasteiger partial charge < -0.3 is 15.2 Å². The van der Waals surface area contributed by atoms with Crippen LogP contribution in [0.2, 0.25) is 0 Å². The van der Waals surface area contributed by atoms with E-state index in [9.17, 15) is 9.90 Å². The molecule has 1 fully saturated rings. The van der Waals surface area contributed by atoms with Gasteiger partial charge in [0, 0.05) is 13.0 Å². The van der Waals surface area contributed by atoms with E-state index >= 15 is 0 Å². The maximum Gasteiger partial charge on any atom is 0.220 e. The zero-order valence-electron chi connectivity index (χ0n) is 12.7. The van der Waals surface area contributed by atoms with Gasteiger partial charge in [-0.25, -0.2) is 0 Å². The number of rotatable bonds is 6. The standard InChI is InChI=1S/C17H25NO3/c1-21-16-7-3-4-13(11-16)8-9-17(20)18-12-14-5-2-6-15(19)10-14/h3-4,7,11,14-15,19H,2,5-6,8-10,12H2,1H3,(H,18,20). The quantitative estimate of drug-likeness (QED) is 0.845. The Morgan fingerprint density at radius 1 is 1.43 bits per heavy atom. The fourth-order valence-electron chi connectivity index (χ4n) is 2.88. The smallest absolute Gasteiger partial charge is 0.220 e. The van der Waals surface area contributed by atoms with Crippen LogP contribution in [-0.4, -0.2) is 30.8 Å². The number of methoxy groups -OCH3 is 1. The number of ether oxygens (including phenoxy) is 1. The minimum absolute atomic E-state index is 0.0814. The average Bonchev–Trinajstić information content (AvgIpc) is 2.51. The van der Waals surface area contributed by atoms with E-state index in [0.717, 1.165) is 43.4 Å². The lowest BCUT2D eigenvalue weighted by molar-refractivity contribution is -0.121. The molecule has 2 atom stereocenters. The summed E-state index contributed by atoms with van der Waals surface area (Å²) >= 11 is 0. The summed E-state index contributed by atoms with van der Waals surface area (Å²) in [6.07, 6.45) is 4.91. The first kappa shape index (κ1) is 15.8. The molecule has 2 unspecified atom stereocenters. The summed E-state index contributed by atoms with van der Waals surface area (Å²) in [6, 6.07) is 7.81. The van der Waals surface area contributed by atoms with Crippen molar-refractivity contribution in [1.82, 2.24) is 5.32 Å². The highest BCUT2D eigenvalue weighted by Crippen LogP contribution is 2.23. The Bertz CT molecular complexity index is 461. The highest BCUT2D eigenvalue weighted by Gasteiger charge is 2.20. The third-order valence-electron chi connectivity index (χ3n) is 4.12. The second-order valence-electron chi connectivity index (χ2n) is 5.84. The molecule has 1 amide bonds. The maximum absolute atomic E-state index is 11.9. The minimum Gasteiger partial charge on any atom is -0.497 e. The Hall–Kier alpha value is -1.55. The fourth-order valence-corrected chi connectivity index (χ4v) is 2.88. The number of carbonyl (C=O) groups is 1. The zero-order chi connectivity index (χ0) is 15.1. The van der Waals surface area contributed by atoms with Crippen molar-refractivity contribution in [2.45, 2.75) is 44.6 Å². The Morgan fingerprint density at radius 3 is 3.05 bits per heavy atom. The van der Waals surface area contributed by atoms with Gasteiger partial charge in [0.1, 0.15) is 5.75 Å². The number of carbonyl (C=O) groups excluding carboxylic acids is 1. The lowest BCUT2D eigenvalue weighted by Crippen LogP contribution is -2.33. The predicted molar refractivity (Wildman–Crippen MR) is 82.3 cm³/mol. The van der Waals surface area contributed by atoms with E-state index in [4.69, 9.17) is 4.74 Å². The molecule has 116 valence electrons. The van der Waals surface area contributed by atoms with E-state index in [1.807, 2.05) is 24.3 Å². The lowest BCUT2D eigenvalue weighted by atomic mass is 9.87. The van der Waals surface area contributed by atoms with Crippen LogP contribution >= 0.6 is 0 Å². The molecule has 1 saturated carbocycles. The van der Waals surface area contributed by atoms with Gasteiger partial charge in [-0.05, 0) is 49.3 Å². The maximum atomic E-state index is 11.9. The van der Waals surface area contributed by atoms with E-state index in [1.165, 1.54) is 0 Å². The molecule has 0 radical (unpaired) electrons. The van der Waals surface area contributed by atoms with Crippen molar-refractivity contribution in [2.75, 3.05) is 13.7 Å². The largest absolute Gasteiger partial charge is 0.497 e. The Kier molecular flexibility index (Phi) is 6.05. The van der Waals surface area contributed by atoms with Crippen molar-refractivity contribution in [3.8, 4) is 5.75 Å². The average molecular weight is 291 g/mol. The third kappa shape index (κ3) is 5.38. The van der Waals surface area contributed by atoms with Crippen molar-refractivity contribution < 1.29 is 14.6 Å². The number of amides is 1. The predicted octanol–water partition coefficient (Wildman–Crippen LogP) is 2.30. The monoisotopic (exact) mass is 291 g/mol. The Balaban J connectivity index is 1.69. The summed E-state index contributed by atoms with van der Waals surface area (Å²) in [4.78, 5) is 11.9. The van der Waals surface area contributed by atoms with Crippen molar-refractivity contribution in [3.05, 3.63) is 29.8 Å². The highest BCUT2D eigenvalue weighted by atomic mass is 16.5. The Morgan fingerprint density at radius 2 is 2.29 bits per heavy atom. The summed E-state index contributed by atoms with van der Waals surface area (Å²) in [7, 11) is 1.64. The molecule has 1 aliphatic rings. The van der Waals surface area contributed by atoms with Gasteiger partial charge in [0.25, 0.3) is 0 Å². The fraction of sp³-hybridized carbons (Fsp3) is 0.588. The first-order valence-corrected chi connectivity index (χ1v) is 7.75. The molecule has 2 N–H and O–H groups in total. The van der Waals surface area contributed by atoms with Gasteiger partial charge in [0.05, 0.1) is 13.2 Å². The summed E-state index contributed by atoms with van der Waals surface area (Å²) < 4.78 is 5.17. The summed E-state index contributed by atoms with van der Waals surface area (Å²) in [5.41, 5.74) is 1.11. The zero-order valence-corrected chi connectivity index (χ0v) is 12.7. The number of nitrogens with one attached hydrogen (secondary N) is 1. The van der Waals surface area contributed by atoms with Crippen molar-refractivity contribution in [2.24, 2.45) is 5.92 Å². The van der Waals surface area contributed by atoms with Crippen LogP contribution in [0.3, 0.4) is 0 Å². The molecule has 2 rings (SSSR count). The first-order valence-electron chi connectivity index (χ1n) is 7.75. The Labute approximate surface area is 126 Å². The van der Waals surface area contributed by atoms with Crippen LogP contribution in [0.25, 0.3) is 0 Å². The van der Waals surface area contributed by atoms with Gasteiger partial charge in [-0.2, -0.15) is 0 Å². The second-order valence-corrected chi connectivity index (χ2v) is 5.84. The van der Waals surface area contributed by atoms with Crippen LogP contribution in [0, 0.1) is 5.92 Å². The number of aliphatic hydroxyl groups is 1. The summed E-state index contributed by atoms with van der Waals surface area (Å²) in [6.45, 7) is 0.688. The first-order chi connectivity index (χ1) is 10.2. The lowest BCUT2D eigenvalue weighted by Gasteiger charge is -2.25. The molecule has 0 aromatic heterocycles. The van der Waals surface area contributed by atoms with Crippen LogP contribution in [0.15, 0.2) is 24.3 Å². The van der Waals surface area contributed by atoms with Gasteiger partial charge in [-0.3, -0.25) is 4.79 Å². The van der Waals surface area contributed by atoms with Crippen molar-refractivity contribution in [3.63, 3.8) is 0 Å². The number of aryl methyl sites for hydroxylation is 1. The molecule has 0 saturated heterocycles. The van der Waals surface area contributed by atoms with Crippen LogP contribution in [0.1, 0.15) is 37.7 Å². The van der Waals surface area contributed by atoms with Crippen LogP contribution < -0.4 is 10.1 Å². The van der Waals surface area contributed by atoms with E-state index in [2.05, 4.69) is 5.32 Å². The summed E-state index contributed by atoms with van der Waals surface area (Å²) in [5, 5.41) is 12.6. The number of aliphatic hydroxyl groups excluding tert-OH is 1. The van der Waals surface area contributed by atoms with Gasteiger partial charge in [0.2, 0.25) is 5.91 Å². The SMILES string of the molecule is COc1cccc(CCC(=O)NCC2CCCC(O)C2)c1. The van der Waals surface area contributed by atoms with Crippen LogP contribution in [-0.2, 0) is 11.2 Å². The van der Waals surface area contributed by atoms with Crippen LogP contribution in [0.4, 0.5) is 0 Å². The molecule has 1 aliphatic carbocycles. The third-order valence-corrected chi connectivity index (χ3v) is 4.12. The van der Waals surface area contributed by atoms with E-state index in [1.54, 1.807) is 7.11 Å². The van der Waals surface area contributed by atoms with Crippen LogP contribution in [0.5, 0.6) is 5.75 Å². The van der Waals surface area contributed by atoms with E-state index < -0.39 is 0 Å². The van der Waals surface area contributed by atoms with Crippen molar-refractivity contribution >= 4 is 5.91 Å². The number of benzene rings is 1. The molecule has 21 heavy (non-hydrogen) atoms. The normalized spacial score (nSPS) is 21.8. The molecule has 4 heteroatoms. The van der Waals surface area contributed by atoms with Gasteiger partial charge in [-0.15, -0.1) is 0 Å². The van der Waals surface area contributed by atoms with Gasteiger partial charge >= 0.3 is 0 Å². The molecule has 0 spiro atoms. The number of hydrogen-bond donors (Lipinski definition) is 2. The summed E-state index contributed by atoms with van der Waals surface area (Å²) in [5.74, 6) is 1.33. The second kappa shape index (κ2) is 8.03. The molecular weight excluding hydrogens is 266 g/mol. The molecule has 4 nitrogen and oxygen atoms in total. The molecule has 0 aliphatic heterocycles. The molecule has 1 aromatic carbocycles.